The minimum Gasteiger partial charge on any atom is -0.496 e. The third kappa shape index (κ3) is 2.63. The third-order valence-corrected chi connectivity index (χ3v) is 3.91. The Balaban J connectivity index is 2.07. The number of carbonyl (C=O) groups is 1. The van der Waals surface area contributed by atoms with E-state index in [0.29, 0.717) is 11.5 Å². The second-order valence-electron chi connectivity index (χ2n) is 5.26. The minimum atomic E-state index is -1.10. The summed E-state index contributed by atoms with van der Waals surface area (Å²) in [4.78, 5) is 10.9. The molecule has 1 aliphatic rings. The standard InChI is InChI=1S/C16H17NO4/c1-20-14-8-11-6-4-2-3-5-10(11)7-12(14)15-9-13(16(18)19)17-21-15/h7-9H,2-6H2,1H3,(H,18,19). The molecule has 0 fully saturated rings. The lowest BCUT2D eigenvalue weighted by Crippen LogP contribution is -1.96. The normalized spacial score (nSPS) is 14.3. The van der Waals surface area contributed by atoms with E-state index in [1.54, 1.807) is 7.11 Å². The Morgan fingerprint density at radius 3 is 2.52 bits per heavy atom. The van der Waals surface area contributed by atoms with Crippen molar-refractivity contribution < 1.29 is 19.2 Å². The van der Waals surface area contributed by atoms with Crippen LogP contribution in [0.1, 0.15) is 40.9 Å². The molecule has 1 N–H and O–H groups in total. The van der Waals surface area contributed by atoms with Crippen LogP contribution in [0.3, 0.4) is 0 Å². The summed E-state index contributed by atoms with van der Waals surface area (Å²) < 4.78 is 10.6. The molecule has 0 spiro atoms. The van der Waals surface area contributed by atoms with Crippen molar-refractivity contribution >= 4 is 5.97 Å². The van der Waals surface area contributed by atoms with Crippen molar-refractivity contribution in [2.45, 2.75) is 32.1 Å². The van der Waals surface area contributed by atoms with Gasteiger partial charge in [-0.2, -0.15) is 0 Å². The van der Waals surface area contributed by atoms with Gasteiger partial charge in [0.25, 0.3) is 0 Å². The smallest absolute Gasteiger partial charge is 0.358 e. The molecule has 1 aromatic heterocycles. The van der Waals surface area contributed by atoms with Gasteiger partial charge in [-0.05, 0) is 48.9 Å². The van der Waals surface area contributed by atoms with E-state index in [0.717, 1.165) is 18.4 Å². The average Bonchev–Trinajstić information content (AvgIpc) is 2.86. The Bertz CT molecular complexity index is 675. The van der Waals surface area contributed by atoms with Crippen molar-refractivity contribution in [3.05, 3.63) is 35.0 Å². The molecule has 1 aromatic carbocycles. The molecule has 5 nitrogen and oxygen atoms in total. The highest BCUT2D eigenvalue weighted by atomic mass is 16.5. The number of carboxylic acids is 1. The number of aromatic nitrogens is 1. The summed E-state index contributed by atoms with van der Waals surface area (Å²) >= 11 is 0. The Kier molecular flexibility index (Phi) is 3.64. The van der Waals surface area contributed by atoms with Crippen LogP contribution in [0.5, 0.6) is 5.75 Å². The van der Waals surface area contributed by atoms with Gasteiger partial charge in [-0.15, -0.1) is 0 Å². The van der Waals surface area contributed by atoms with Crippen LogP contribution in [0.4, 0.5) is 0 Å². The van der Waals surface area contributed by atoms with Crippen LogP contribution < -0.4 is 4.74 Å². The Labute approximate surface area is 122 Å². The molecule has 0 unspecified atom stereocenters. The first-order chi connectivity index (χ1) is 10.2. The maximum Gasteiger partial charge on any atom is 0.358 e. The van der Waals surface area contributed by atoms with Crippen LogP contribution >= 0.6 is 0 Å². The van der Waals surface area contributed by atoms with E-state index in [4.69, 9.17) is 14.4 Å². The van der Waals surface area contributed by atoms with Crippen LogP contribution in [0.15, 0.2) is 22.7 Å². The van der Waals surface area contributed by atoms with Gasteiger partial charge in [0.1, 0.15) is 5.75 Å². The molecule has 1 aliphatic carbocycles. The number of carboxylic acid groups (broad SMARTS) is 1. The molecule has 0 amide bonds. The van der Waals surface area contributed by atoms with Gasteiger partial charge in [0.2, 0.25) is 0 Å². The molecule has 5 heteroatoms. The van der Waals surface area contributed by atoms with Crippen LogP contribution in [0.2, 0.25) is 0 Å². The van der Waals surface area contributed by atoms with Gasteiger partial charge in [0.15, 0.2) is 11.5 Å². The van der Waals surface area contributed by atoms with Gasteiger partial charge in [-0.1, -0.05) is 11.6 Å². The lowest BCUT2D eigenvalue weighted by Gasteiger charge is -2.12. The molecule has 21 heavy (non-hydrogen) atoms. The van der Waals surface area contributed by atoms with Crippen LogP contribution in [0, 0.1) is 0 Å². The molecule has 0 radical (unpaired) electrons. The fourth-order valence-electron chi connectivity index (χ4n) is 2.80. The van der Waals surface area contributed by atoms with Crippen molar-refractivity contribution in [1.82, 2.24) is 5.16 Å². The van der Waals surface area contributed by atoms with Crippen LogP contribution in [-0.4, -0.2) is 23.3 Å². The van der Waals surface area contributed by atoms with Crippen LogP contribution in [0.25, 0.3) is 11.3 Å². The van der Waals surface area contributed by atoms with Crippen molar-refractivity contribution in [3.8, 4) is 17.1 Å². The fourth-order valence-corrected chi connectivity index (χ4v) is 2.80. The molecule has 0 saturated carbocycles. The molecule has 0 bridgehead atoms. The second kappa shape index (κ2) is 5.60. The predicted molar refractivity (Wildman–Crippen MR) is 76.7 cm³/mol. The number of methoxy groups -OCH3 is 1. The van der Waals surface area contributed by atoms with Crippen LogP contribution in [-0.2, 0) is 12.8 Å². The van der Waals surface area contributed by atoms with Crippen molar-refractivity contribution in [1.29, 1.82) is 0 Å². The predicted octanol–water partition coefficient (Wildman–Crippen LogP) is 3.32. The molecule has 0 aliphatic heterocycles. The van der Waals surface area contributed by atoms with Crippen molar-refractivity contribution in [2.24, 2.45) is 0 Å². The Morgan fingerprint density at radius 1 is 1.19 bits per heavy atom. The SMILES string of the molecule is COc1cc2c(cc1-c1cc(C(=O)O)no1)CCCCC2. The quantitative estimate of drug-likeness (QED) is 0.877. The van der Waals surface area contributed by atoms with E-state index in [1.807, 2.05) is 12.1 Å². The number of hydrogen-bond acceptors (Lipinski definition) is 4. The molecule has 110 valence electrons. The molecule has 0 saturated heterocycles. The van der Waals surface area contributed by atoms with E-state index in [9.17, 15) is 4.79 Å². The van der Waals surface area contributed by atoms with Gasteiger partial charge in [0.05, 0.1) is 12.7 Å². The summed E-state index contributed by atoms with van der Waals surface area (Å²) in [5.74, 6) is 0.0266. The van der Waals surface area contributed by atoms with Gasteiger partial charge in [-0.25, -0.2) is 4.79 Å². The number of rotatable bonds is 3. The molecule has 0 atom stereocenters. The Morgan fingerprint density at radius 2 is 1.90 bits per heavy atom. The minimum absolute atomic E-state index is 0.0954. The van der Waals surface area contributed by atoms with E-state index in [1.165, 1.54) is 36.5 Å². The van der Waals surface area contributed by atoms with Gasteiger partial charge >= 0.3 is 5.97 Å². The first kappa shape index (κ1) is 13.7. The Hall–Kier alpha value is -2.30. The number of aromatic carboxylic acids is 1. The number of ether oxygens (including phenoxy) is 1. The van der Waals surface area contributed by atoms with Crippen molar-refractivity contribution in [3.63, 3.8) is 0 Å². The molecule has 1 heterocycles. The molecule has 3 rings (SSSR count). The zero-order chi connectivity index (χ0) is 14.8. The van der Waals surface area contributed by atoms with E-state index >= 15 is 0 Å². The van der Waals surface area contributed by atoms with E-state index in [2.05, 4.69) is 5.16 Å². The largest absolute Gasteiger partial charge is 0.496 e. The zero-order valence-electron chi connectivity index (χ0n) is 11.9. The summed E-state index contributed by atoms with van der Waals surface area (Å²) in [6.45, 7) is 0. The topological polar surface area (TPSA) is 72.6 Å². The summed E-state index contributed by atoms with van der Waals surface area (Å²) in [6, 6.07) is 5.52. The molecule has 2 aromatic rings. The lowest BCUT2D eigenvalue weighted by molar-refractivity contribution is 0.0686. The summed E-state index contributed by atoms with van der Waals surface area (Å²) in [5, 5.41) is 12.5. The highest BCUT2D eigenvalue weighted by Crippen LogP contribution is 2.35. The van der Waals surface area contributed by atoms with E-state index in [-0.39, 0.29) is 5.69 Å². The van der Waals surface area contributed by atoms with Gasteiger partial charge < -0.3 is 14.4 Å². The lowest BCUT2D eigenvalue weighted by atomic mass is 9.98. The summed E-state index contributed by atoms with van der Waals surface area (Å²) in [7, 11) is 1.61. The van der Waals surface area contributed by atoms with Gasteiger partial charge in [-0.3, -0.25) is 0 Å². The average molecular weight is 287 g/mol. The monoisotopic (exact) mass is 287 g/mol. The summed E-state index contributed by atoms with van der Waals surface area (Å²) in [5.41, 5.74) is 3.27. The zero-order valence-corrected chi connectivity index (χ0v) is 11.9. The first-order valence-corrected chi connectivity index (χ1v) is 7.09. The number of benzene rings is 1. The van der Waals surface area contributed by atoms with E-state index < -0.39 is 5.97 Å². The highest BCUT2D eigenvalue weighted by molar-refractivity contribution is 5.86. The number of hydrogen-bond donors (Lipinski definition) is 1. The summed E-state index contributed by atoms with van der Waals surface area (Å²) in [6.07, 6.45) is 5.70. The number of aryl methyl sites for hydroxylation is 2. The third-order valence-electron chi connectivity index (χ3n) is 3.91. The second-order valence-corrected chi connectivity index (χ2v) is 5.26. The van der Waals surface area contributed by atoms with Crippen molar-refractivity contribution in [2.75, 3.05) is 7.11 Å². The highest BCUT2D eigenvalue weighted by Gasteiger charge is 2.19. The number of fused-ring (bicyclic) bond motifs is 1. The number of nitrogens with zero attached hydrogens (tertiary/aromatic N) is 1. The maximum absolute atomic E-state index is 10.9. The maximum atomic E-state index is 10.9. The molecular formula is C16H17NO4. The molecular weight excluding hydrogens is 270 g/mol. The fraction of sp³-hybridized carbons (Fsp3) is 0.375. The van der Waals surface area contributed by atoms with Gasteiger partial charge in [0, 0.05) is 6.07 Å². The first-order valence-electron chi connectivity index (χ1n) is 7.09.